The zero-order valence-electron chi connectivity index (χ0n) is 28.6. The summed E-state index contributed by atoms with van der Waals surface area (Å²) in [5.74, 6) is -7.07. The van der Waals surface area contributed by atoms with Gasteiger partial charge in [-0.2, -0.15) is 23.4 Å². The Morgan fingerprint density at radius 1 is 1.16 bits per heavy atom. The molecule has 0 aromatic carbocycles. The number of aryl methyl sites for hydroxylation is 1. The number of hydrogen-bond donors (Lipinski definition) is 2. The zero-order valence-corrected chi connectivity index (χ0v) is 28.6. The first kappa shape index (κ1) is 36.9. The summed E-state index contributed by atoms with van der Waals surface area (Å²) in [7, 11) is 1.46. The van der Waals surface area contributed by atoms with Crippen molar-refractivity contribution in [1.82, 2.24) is 44.9 Å². The first-order valence-corrected chi connectivity index (χ1v) is 16.6. The Balaban J connectivity index is 1.52. The monoisotopic (exact) mass is 711 g/mol. The van der Waals surface area contributed by atoms with Gasteiger partial charge in [-0.1, -0.05) is 0 Å². The summed E-state index contributed by atoms with van der Waals surface area (Å²) in [5, 5.41) is 14.0. The third kappa shape index (κ3) is 8.67. The van der Waals surface area contributed by atoms with E-state index in [2.05, 4.69) is 30.8 Å². The second-order valence-electron chi connectivity index (χ2n) is 14.0. The van der Waals surface area contributed by atoms with Crippen LogP contribution in [0.4, 0.5) is 26.7 Å². The van der Waals surface area contributed by atoms with Crippen molar-refractivity contribution < 1.29 is 41.1 Å². The maximum Gasteiger partial charge on any atom is 0.410 e. The van der Waals surface area contributed by atoms with Crippen molar-refractivity contribution in [2.75, 3.05) is 13.6 Å². The number of rotatable bonds is 9. The number of aromatic nitrogens is 6. The van der Waals surface area contributed by atoms with Gasteiger partial charge in [-0.3, -0.25) is 14.3 Å². The number of halogens is 5. The summed E-state index contributed by atoms with van der Waals surface area (Å²) < 4.78 is 77.5. The fourth-order valence-electron chi connectivity index (χ4n) is 6.35. The maximum absolute atomic E-state index is 14.2. The Morgan fingerprint density at radius 3 is 2.50 bits per heavy atom. The van der Waals surface area contributed by atoms with Gasteiger partial charge < -0.3 is 20.3 Å². The molecule has 1 saturated carbocycles. The third-order valence-corrected chi connectivity index (χ3v) is 9.03. The number of nitrogens with zero attached hydrogens (tertiary/aromatic N) is 7. The number of amides is 3. The van der Waals surface area contributed by atoms with Crippen LogP contribution >= 0.6 is 0 Å². The minimum atomic E-state index is -4.52. The van der Waals surface area contributed by atoms with Crippen LogP contribution in [0.2, 0.25) is 0 Å². The van der Waals surface area contributed by atoms with Crippen LogP contribution in [-0.4, -0.2) is 83.5 Å². The highest BCUT2D eigenvalue weighted by atomic mass is 19.4. The highest BCUT2D eigenvalue weighted by molar-refractivity contribution is 5.92. The molecule has 2 N–H and O–H groups in total. The molecule has 2 aliphatic rings. The van der Waals surface area contributed by atoms with E-state index in [0.717, 1.165) is 0 Å². The molecule has 0 radical (unpaired) electrons. The number of carbonyl (C=O) groups is 3. The molecule has 0 bridgehead atoms. The van der Waals surface area contributed by atoms with Gasteiger partial charge in [-0.25, -0.2) is 28.1 Å². The van der Waals surface area contributed by atoms with Gasteiger partial charge in [0.1, 0.15) is 11.3 Å². The summed E-state index contributed by atoms with van der Waals surface area (Å²) in [6.07, 6.45) is -3.44. The number of fused-ring (bicyclic) bond motifs is 1. The summed E-state index contributed by atoms with van der Waals surface area (Å²) in [6, 6.07) is 0.720. The molecule has 1 aliphatic heterocycles. The van der Waals surface area contributed by atoms with E-state index in [4.69, 9.17) is 4.74 Å². The van der Waals surface area contributed by atoms with Crippen LogP contribution in [0.15, 0.2) is 18.5 Å². The molecule has 1 saturated heterocycles. The van der Waals surface area contributed by atoms with Gasteiger partial charge in [0, 0.05) is 51.5 Å². The minimum Gasteiger partial charge on any atom is -0.444 e. The predicted octanol–water partition coefficient (Wildman–Crippen LogP) is 4.86. The van der Waals surface area contributed by atoms with Crippen molar-refractivity contribution in [3.8, 4) is 0 Å². The smallest absolute Gasteiger partial charge is 0.410 e. The Kier molecular flexibility index (Phi) is 10.4. The Labute approximate surface area is 285 Å². The molecule has 274 valence electrons. The van der Waals surface area contributed by atoms with E-state index in [9.17, 15) is 36.3 Å². The standard InChI is InChI=1S/C32H42F5N9O4/c1-6-45-24(9-12-39-45)27(48)42-25(18-7-10-31(33,34)11-8-18)23-17-46-28(41-23)40-22(16-44(5)29(49)50-30(2,3)4)21(43-46)14-19-13-20(32(35,36)37)15-38-26(19)47/h9,12,17-20,25H,6-8,10-11,13-16H2,1-5H3,(H,38,47)(H,42,48)/t19-,20-,25+/m1/s1. The molecule has 0 unspecified atom stereocenters. The van der Waals surface area contributed by atoms with Crippen molar-refractivity contribution in [3.63, 3.8) is 0 Å². The molecule has 0 spiro atoms. The molecule has 2 fully saturated rings. The molecular weight excluding hydrogens is 669 g/mol. The average Bonchev–Trinajstić information content (AvgIpc) is 3.66. The molecule has 3 atom stereocenters. The number of piperidine rings is 1. The lowest BCUT2D eigenvalue weighted by molar-refractivity contribution is -0.183. The fraction of sp³-hybridized carbons (Fsp3) is 0.656. The van der Waals surface area contributed by atoms with E-state index in [0.29, 0.717) is 6.54 Å². The van der Waals surface area contributed by atoms with Crippen LogP contribution in [0, 0.1) is 17.8 Å². The average molecular weight is 712 g/mol. The van der Waals surface area contributed by atoms with Crippen molar-refractivity contribution in [1.29, 1.82) is 0 Å². The predicted molar refractivity (Wildman–Crippen MR) is 168 cm³/mol. The van der Waals surface area contributed by atoms with Gasteiger partial charge in [0.2, 0.25) is 11.8 Å². The van der Waals surface area contributed by atoms with E-state index < -0.39 is 72.4 Å². The largest absolute Gasteiger partial charge is 0.444 e. The van der Waals surface area contributed by atoms with Crippen molar-refractivity contribution >= 4 is 23.7 Å². The van der Waals surface area contributed by atoms with Crippen molar-refractivity contribution in [3.05, 3.63) is 41.2 Å². The van der Waals surface area contributed by atoms with Gasteiger partial charge in [0.05, 0.1) is 41.8 Å². The van der Waals surface area contributed by atoms with E-state index in [1.165, 1.54) is 33.5 Å². The quantitative estimate of drug-likeness (QED) is 0.299. The second kappa shape index (κ2) is 14.1. The van der Waals surface area contributed by atoms with Crippen LogP contribution in [0.1, 0.15) is 93.4 Å². The van der Waals surface area contributed by atoms with Crippen LogP contribution in [0.5, 0.6) is 0 Å². The highest BCUT2D eigenvalue weighted by Gasteiger charge is 2.45. The Hall–Kier alpha value is -4.38. The minimum absolute atomic E-state index is 0.0385. The molecule has 13 nitrogen and oxygen atoms in total. The van der Waals surface area contributed by atoms with Gasteiger partial charge in [-0.15, -0.1) is 0 Å². The molecule has 1 aliphatic carbocycles. The highest BCUT2D eigenvalue weighted by Crippen LogP contribution is 2.41. The third-order valence-electron chi connectivity index (χ3n) is 9.03. The van der Waals surface area contributed by atoms with E-state index in [-0.39, 0.29) is 67.2 Å². The van der Waals surface area contributed by atoms with E-state index in [1.54, 1.807) is 26.8 Å². The Morgan fingerprint density at radius 2 is 1.86 bits per heavy atom. The van der Waals surface area contributed by atoms with Gasteiger partial charge in [-0.05, 0) is 58.9 Å². The number of carbonyl (C=O) groups excluding carboxylic acids is 3. The lowest BCUT2D eigenvalue weighted by Crippen LogP contribution is -2.47. The summed E-state index contributed by atoms with van der Waals surface area (Å²) in [4.78, 5) is 49.5. The van der Waals surface area contributed by atoms with Crippen molar-refractivity contribution in [2.24, 2.45) is 17.8 Å². The molecule has 3 amide bonds. The van der Waals surface area contributed by atoms with Crippen molar-refractivity contribution in [2.45, 2.75) is 103 Å². The van der Waals surface area contributed by atoms with Crippen LogP contribution < -0.4 is 10.6 Å². The summed E-state index contributed by atoms with van der Waals surface area (Å²) in [6.45, 7) is 6.62. The number of nitrogens with one attached hydrogen (secondary N) is 2. The van der Waals surface area contributed by atoms with E-state index >= 15 is 0 Å². The topological polar surface area (TPSA) is 149 Å². The molecule has 5 rings (SSSR count). The number of alkyl halides is 5. The number of imidazole rings is 1. The molecule has 50 heavy (non-hydrogen) atoms. The normalized spacial score (nSPS) is 20.7. The van der Waals surface area contributed by atoms with Gasteiger partial charge in [0.15, 0.2) is 0 Å². The molecular formula is C32H42F5N9O4. The lowest BCUT2D eigenvalue weighted by Gasteiger charge is -2.33. The first-order chi connectivity index (χ1) is 23.3. The van der Waals surface area contributed by atoms with Gasteiger partial charge in [0.25, 0.3) is 11.7 Å². The lowest BCUT2D eigenvalue weighted by atomic mass is 9.81. The fourth-order valence-corrected chi connectivity index (χ4v) is 6.35. The first-order valence-electron chi connectivity index (χ1n) is 16.6. The summed E-state index contributed by atoms with van der Waals surface area (Å²) >= 11 is 0. The molecule has 3 aromatic heterocycles. The summed E-state index contributed by atoms with van der Waals surface area (Å²) in [5.41, 5.74) is 0.0780. The van der Waals surface area contributed by atoms with Crippen LogP contribution in [0.25, 0.3) is 5.78 Å². The zero-order chi connectivity index (χ0) is 36.6. The molecule has 18 heteroatoms. The van der Waals surface area contributed by atoms with Crippen LogP contribution in [-0.2, 0) is 29.0 Å². The SMILES string of the molecule is CCn1nccc1C(=O)N[C@H](c1cn2nc(C[C@H]3C[C@@H](C(F)(F)F)CNC3=O)c(CN(C)C(=O)OC(C)(C)C)nc2n1)C1CCC(F)(F)CC1. The maximum atomic E-state index is 14.2. The number of ether oxygens (including phenoxy) is 1. The number of hydrogen-bond acceptors (Lipinski definition) is 8. The van der Waals surface area contributed by atoms with Gasteiger partial charge >= 0.3 is 12.3 Å². The molecule has 3 aromatic rings. The van der Waals surface area contributed by atoms with E-state index in [1.807, 2.05) is 6.92 Å². The molecule has 4 heterocycles. The van der Waals surface area contributed by atoms with Crippen LogP contribution in [0.3, 0.4) is 0 Å². The Bertz CT molecular complexity index is 1710. The second-order valence-corrected chi connectivity index (χ2v) is 14.0.